The number of phenols is 1. The molecule has 28 heavy (non-hydrogen) atoms. The molecular weight excluding hydrogens is 376 g/mol. The van der Waals surface area contributed by atoms with Crippen molar-refractivity contribution in [1.82, 2.24) is 0 Å². The van der Waals surface area contributed by atoms with E-state index in [0.717, 1.165) is 0 Å². The van der Waals surface area contributed by atoms with Gasteiger partial charge < -0.3 is 9.84 Å². The Hall–Kier alpha value is -3.12. The molecule has 1 aliphatic carbocycles. The molecule has 0 saturated carbocycles. The number of sulfone groups is 1. The van der Waals surface area contributed by atoms with Crippen LogP contribution in [-0.2, 0) is 9.84 Å². The summed E-state index contributed by atoms with van der Waals surface area (Å²) in [6.45, 7) is 1.36. The molecule has 0 aliphatic heterocycles. The Morgan fingerprint density at radius 2 is 1.68 bits per heavy atom. The Morgan fingerprint density at radius 1 is 1.00 bits per heavy atom. The highest BCUT2D eigenvalue weighted by molar-refractivity contribution is 7.92. The average molecular weight is 394 g/mol. The van der Waals surface area contributed by atoms with Gasteiger partial charge in [-0.3, -0.25) is 4.79 Å². The molecule has 4 rings (SSSR count). The van der Waals surface area contributed by atoms with E-state index >= 15 is 0 Å². The summed E-state index contributed by atoms with van der Waals surface area (Å²) in [6, 6.07) is 16.4. The lowest BCUT2D eigenvalue weighted by atomic mass is 9.99. The van der Waals surface area contributed by atoms with Gasteiger partial charge in [-0.05, 0) is 53.9 Å². The maximum absolute atomic E-state index is 13.5. The van der Waals surface area contributed by atoms with Gasteiger partial charge in [-0.15, -0.1) is 0 Å². The number of phenolic OH excluding ortho intramolecular Hbond substituents is 1. The van der Waals surface area contributed by atoms with Crippen molar-refractivity contribution in [1.29, 1.82) is 0 Å². The van der Waals surface area contributed by atoms with Crippen LogP contribution in [0.15, 0.2) is 65.6 Å². The van der Waals surface area contributed by atoms with Gasteiger partial charge in [0, 0.05) is 5.56 Å². The van der Waals surface area contributed by atoms with Crippen LogP contribution < -0.4 is 4.74 Å². The predicted octanol–water partition coefficient (Wildman–Crippen LogP) is 4.15. The zero-order valence-corrected chi connectivity index (χ0v) is 16.2. The maximum atomic E-state index is 13.5. The molecule has 5 nitrogen and oxygen atoms in total. The van der Waals surface area contributed by atoms with Gasteiger partial charge in [0.15, 0.2) is 15.6 Å². The third-order valence-corrected chi connectivity index (χ3v) is 7.12. The number of rotatable bonds is 4. The lowest BCUT2D eigenvalue weighted by Gasteiger charge is -2.15. The number of hydrogen-bond donors (Lipinski definition) is 1. The van der Waals surface area contributed by atoms with Crippen molar-refractivity contribution in [2.45, 2.75) is 17.1 Å². The summed E-state index contributed by atoms with van der Waals surface area (Å²) in [5.41, 5.74) is 2.08. The highest BCUT2D eigenvalue weighted by atomic mass is 32.2. The first-order valence-electron chi connectivity index (χ1n) is 8.70. The number of fused-ring (bicyclic) bond motifs is 3. The van der Waals surface area contributed by atoms with Gasteiger partial charge in [0.05, 0.1) is 17.6 Å². The highest BCUT2D eigenvalue weighted by Gasteiger charge is 2.41. The lowest BCUT2D eigenvalue weighted by molar-refractivity contribution is 0.101. The Bertz CT molecular complexity index is 1200. The van der Waals surface area contributed by atoms with Gasteiger partial charge in [-0.25, -0.2) is 8.42 Å². The van der Waals surface area contributed by atoms with E-state index in [-0.39, 0.29) is 22.0 Å². The minimum atomic E-state index is -3.77. The fraction of sp³-hybridized carbons (Fsp3) is 0.136. The molecule has 0 saturated heterocycles. The second-order valence-corrected chi connectivity index (χ2v) is 8.71. The predicted molar refractivity (Wildman–Crippen MR) is 106 cm³/mol. The van der Waals surface area contributed by atoms with E-state index in [1.165, 1.54) is 20.1 Å². The van der Waals surface area contributed by atoms with E-state index in [2.05, 4.69) is 0 Å². The summed E-state index contributed by atoms with van der Waals surface area (Å²) < 4.78 is 32.2. The van der Waals surface area contributed by atoms with Crippen LogP contribution in [-0.4, -0.2) is 26.4 Å². The number of benzene rings is 3. The second-order valence-electron chi connectivity index (χ2n) is 6.67. The van der Waals surface area contributed by atoms with E-state index in [4.69, 9.17) is 4.74 Å². The zero-order valence-electron chi connectivity index (χ0n) is 15.3. The molecule has 0 radical (unpaired) electrons. The monoisotopic (exact) mass is 394 g/mol. The van der Waals surface area contributed by atoms with Crippen molar-refractivity contribution in [2.24, 2.45) is 0 Å². The Kier molecular flexibility index (Phi) is 4.23. The van der Waals surface area contributed by atoms with Crippen molar-refractivity contribution in [3.05, 3.63) is 77.4 Å². The molecule has 0 fully saturated rings. The minimum absolute atomic E-state index is 0.158. The number of carbonyl (C=O) groups is 1. The summed E-state index contributed by atoms with van der Waals surface area (Å²) in [7, 11) is -2.26. The van der Waals surface area contributed by atoms with Crippen LogP contribution >= 0.6 is 0 Å². The summed E-state index contributed by atoms with van der Waals surface area (Å²) in [5, 5.41) is 9.81. The molecule has 3 aromatic rings. The standard InChI is InChI=1S/C22H18O5S/c1-13(23)16-10-11-18-20(21(16)24)19-12-14(27-2)8-9-17(19)22(18)28(25,26)15-6-4-3-5-7-15/h3-12,22,24H,1-2H3. The Morgan fingerprint density at radius 3 is 2.32 bits per heavy atom. The molecule has 0 spiro atoms. The molecule has 1 atom stereocenters. The molecule has 0 aromatic heterocycles. The minimum Gasteiger partial charge on any atom is -0.507 e. The fourth-order valence-corrected chi connectivity index (χ4v) is 5.63. The largest absolute Gasteiger partial charge is 0.507 e. The smallest absolute Gasteiger partial charge is 0.189 e. The van der Waals surface area contributed by atoms with Crippen LogP contribution in [0.4, 0.5) is 0 Å². The van der Waals surface area contributed by atoms with Gasteiger partial charge in [0.2, 0.25) is 0 Å². The van der Waals surface area contributed by atoms with Gasteiger partial charge in [0.25, 0.3) is 0 Å². The van der Waals surface area contributed by atoms with Crippen molar-refractivity contribution in [2.75, 3.05) is 7.11 Å². The van der Waals surface area contributed by atoms with E-state index in [9.17, 15) is 18.3 Å². The summed E-state index contributed by atoms with van der Waals surface area (Å²) >= 11 is 0. The molecule has 142 valence electrons. The number of Topliss-reactive ketones (excluding diaryl/α,β-unsaturated/α-hetero) is 1. The number of ether oxygens (including phenoxy) is 1. The van der Waals surface area contributed by atoms with Crippen molar-refractivity contribution in [3.63, 3.8) is 0 Å². The molecule has 0 bridgehead atoms. The van der Waals surface area contributed by atoms with Crippen molar-refractivity contribution < 1.29 is 23.1 Å². The van der Waals surface area contributed by atoms with Gasteiger partial charge >= 0.3 is 0 Å². The van der Waals surface area contributed by atoms with Crippen LogP contribution in [0, 0.1) is 0 Å². The molecular formula is C22H18O5S. The van der Waals surface area contributed by atoms with Gasteiger partial charge in [-0.2, -0.15) is 0 Å². The number of hydrogen-bond acceptors (Lipinski definition) is 5. The number of methoxy groups -OCH3 is 1. The van der Waals surface area contributed by atoms with Crippen molar-refractivity contribution in [3.8, 4) is 22.6 Å². The Balaban J connectivity index is 2.05. The first-order valence-corrected chi connectivity index (χ1v) is 10.2. The van der Waals surface area contributed by atoms with Crippen LogP contribution in [0.25, 0.3) is 11.1 Å². The summed E-state index contributed by atoms with van der Waals surface area (Å²) in [5.74, 6) is 0.0412. The van der Waals surface area contributed by atoms with Crippen LogP contribution in [0.5, 0.6) is 11.5 Å². The van der Waals surface area contributed by atoms with E-state index in [1.54, 1.807) is 54.6 Å². The molecule has 0 heterocycles. The fourth-order valence-electron chi connectivity index (χ4n) is 3.75. The van der Waals surface area contributed by atoms with Crippen LogP contribution in [0.1, 0.15) is 33.7 Å². The topological polar surface area (TPSA) is 80.7 Å². The maximum Gasteiger partial charge on any atom is 0.189 e. The molecule has 3 aromatic carbocycles. The van der Waals surface area contributed by atoms with E-state index in [0.29, 0.717) is 28.0 Å². The van der Waals surface area contributed by atoms with Gasteiger partial charge in [-0.1, -0.05) is 30.3 Å². The molecule has 6 heteroatoms. The van der Waals surface area contributed by atoms with Crippen molar-refractivity contribution >= 4 is 15.6 Å². The normalized spacial score (nSPS) is 15.0. The third-order valence-electron chi connectivity index (χ3n) is 5.07. The van der Waals surface area contributed by atoms with Crippen LogP contribution in [0.2, 0.25) is 0 Å². The molecule has 1 unspecified atom stereocenters. The summed E-state index contributed by atoms with van der Waals surface area (Å²) in [6.07, 6.45) is 0. The van der Waals surface area contributed by atoms with Gasteiger partial charge in [0.1, 0.15) is 16.7 Å². The first-order chi connectivity index (χ1) is 13.4. The van der Waals surface area contributed by atoms with E-state index in [1.807, 2.05) is 0 Å². The highest BCUT2D eigenvalue weighted by Crippen LogP contribution is 2.53. The number of ketones is 1. The first kappa shape index (κ1) is 18.3. The number of aromatic hydroxyl groups is 1. The quantitative estimate of drug-likeness (QED) is 0.673. The SMILES string of the molecule is COc1ccc2c(c1)-c1c(ccc(C(C)=O)c1O)C2S(=O)(=O)c1ccccc1. The Labute approximate surface area is 163 Å². The summed E-state index contributed by atoms with van der Waals surface area (Å²) in [4.78, 5) is 12.1. The van der Waals surface area contributed by atoms with E-state index < -0.39 is 15.1 Å². The average Bonchev–Trinajstić information content (AvgIpc) is 3.03. The molecule has 1 aliphatic rings. The second kappa shape index (κ2) is 6.49. The lowest BCUT2D eigenvalue weighted by Crippen LogP contribution is -2.13. The molecule has 1 N–H and O–H groups in total. The zero-order chi connectivity index (χ0) is 20.1. The number of carbonyl (C=O) groups excluding carboxylic acids is 1. The van der Waals surface area contributed by atoms with Crippen LogP contribution in [0.3, 0.4) is 0 Å². The molecule has 0 amide bonds. The third kappa shape index (κ3) is 2.60.